The largest absolute Gasteiger partial charge is 0.416 e. The van der Waals surface area contributed by atoms with Crippen molar-refractivity contribution >= 4 is 27.5 Å². The van der Waals surface area contributed by atoms with Crippen molar-refractivity contribution in [1.29, 1.82) is 0 Å². The van der Waals surface area contributed by atoms with Crippen LogP contribution in [0.25, 0.3) is 0 Å². The number of carbonyl (C=O) groups is 2. The van der Waals surface area contributed by atoms with Crippen molar-refractivity contribution in [3.8, 4) is 0 Å². The lowest BCUT2D eigenvalue weighted by atomic mass is 10.1. The summed E-state index contributed by atoms with van der Waals surface area (Å²) in [6.45, 7) is 4.65. The molecule has 2 rings (SSSR count). The fourth-order valence-corrected chi connectivity index (χ4v) is 4.57. The van der Waals surface area contributed by atoms with Crippen LogP contribution in [0.3, 0.4) is 0 Å². The second-order valence-electron chi connectivity index (χ2n) is 8.73. The van der Waals surface area contributed by atoms with Crippen LogP contribution in [0.4, 0.5) is 18.9 Å². The number of anilines is 1. The summed E-state index contributed by atoms with van der Waals surface area (Å²) in [5.74, 6) is -1.08. The van der Waals surface area contributed by atoms with Gasteiger partial charge in [-0.2, -0.15) is 13.2 Å². The molecule has 0 aliphatic rings. The lowest BCUT2D eigenvalue weighted by molar-refractivity contribution is -0.139. The molecule has 0 spiro atoms. The van der Waals surface area contributed by atoms with E-state index in [1.165, 1.54) is 11.0 Å². The molecule has 198 valence electrons. The van der Waals surface area contributed by atoms with Crippen LogP contribution in [0, 0.1) is 0 Å². The summed E-state index contributed by atoms with van der Waals surface area (Å²) >= 11 is 0. The van der Waals surface area contributed by atoms with Crippen LogP contribution in [0.5, 0.6) is 0 Å². The number of carbonyl (C=O) groups excluding carboxylic acids is 2. The summed E-state index contributed by atoms with van der Waals surface area (Å²) in [5, 5.41) is 2.78. The van der Waals surface area contributed by atoms with Gasteiger partial charge in [-0.05, 0) is 50.5 Å². The third-order valence-electron chi connectivity index (χ3n) is 5.44. The van der Waals surface area contributed by atoms with E-state index in [0.717, 1.165) is 24.0 Å². The molecule has 0 saturated heterocycles. The van der Waals surface area contributed by atoms with Gasteiger partial charge in [0.2, 0.25) is 21.8 Å². The van der Waals surface area contributed by atoms with Crippen LogP contribution in [0.2, 0.25) is 0 Å². The average Bonchev–Trinajstić information content (AvgIpc) is 2.79. The molecule has 0 aliphatic carbocycles. The second kappa shape index (κ2) is 12.2. The van der Waals surface area contributed by atoms with E-state index in [-0.39, 0.29) is 30.6 Å². The van der Waals surface area contributed by atoms with Crippen molar-refractivity contribution in [2.24, 2.45) is 0 Å². The van der Waals surface area contributed by atoms with Gasteiger partial charge >= 0.3 is 6.18 Å². The molecule has 0 fully saturated rings. The Balaban J connectivity index is 2.42. The maximum atomic E-state index is 13.5. The SMILES string of the molecule is CC[C@H](C(=O)NC(C)C)N(CCc1ccccc1)C(=O)CN(c1cccc(C(F)(F)F)c1)S(C)(=O)=O. The maximum Gasteiger partial charge on any atom is 0.416 e. The zero-order valence-electron chi connectivity index (χ0n) is 20.7. The lowest BCUT2D eigenvalue weighted by Gasteiger charge is -2.33. The van der Waals surface area contributed by atoms with Crippen molar-refractivity contribution < 1.29 is 31.2 Å². The molecule has 0 aromatic heterocycles. The fourth-order valence-electron chi connectivity index (χ4n) is 3.73. The van der Waals surface area contributed by atoms with E-state index in [9.17, 15) is 31.2 Å². The Labute approximate surface area is 210 Å². The van der Waals surface area contributed by atoms with E-state index in [2.05, 4.69) is 5.32 Å². The average molecular weight is 528 g/mol. The standard InChI is InChI=1S/C25H32F3N3O4S/c1-5-22(24(33)29-18(2)3)30(15-14-19-10-7-6-8-11-19)23(32)17-31(36(4,34)35)21-13-9-12-20(16-21)25(26,27)28/h6-13,16,18,22H,5,14-15,17H2,1-4H3,(H,29,33)/t22-/m1/s1. The van der Waals surface area contributed by atoms with Crippen molar-refractivity contribution in [1.82, 2.24) is 10.2 Å². The van der Waals surface area contributed by atoms with Gasteiger partial charge < -0.3 is 10.2 Å². The number of rotatable bonds is 11. The van der Waals surface area contributed by atoms with Crippen molar-refractivity contribution in [3.63, 3.8) is 0 Å². The van der Waals surface area contributed by atoms with Crippen LogP contribution in [0.15, 0.2) is 54.6 Å². The molecule has 0 unspecified atom stereocenters. The third-order valence-corrected chi connectivity index (χ3v) is 6.58. The monoisotopic (exact) mass is 527 g/mol. The van der Waals surface area contributed by atoms with Gasteiger partial charge in [0, 0.05) is 12.6 Å². The Hall–Kier alpha value is -3.08. The third kappa shape index (κ3) is 8.25. The molecule has 36 heavy (non-hydrogen) atoms. The Kier molecular flexibility index (Phi) is 9.92. The summed E-state index contributed by atoms with van der Waals surface area (Å²) in [4.78, 5) is 27.7. The Morgan fingerprint density at radius 3 is 2.19 bits per heavy atom. The maximum absolute atomic E-state index is 13.5. The van der Waals surface area contributed by atoms with Gasteiger partial charge in [0.25, 0.3) is 0 Å². The van der Waals surface area contributed by atoms with Crippen LogP contribution in [0.1, 0.15) is 38.3 Å². The van der Waals surface area contributed by atoms with Crippen molar-refractivity contribution in [3.05, 3.63) is 65.7 Å². The Bertz CT molecular complexity index is 1140. The zero-order valence-corrected chi connectivity index (χ0v) is 21.6. The first kappa shape index (κ1) is 29.2. The topological polar surface area (TPSA) is 86.8 Å². The smallest absolute Gasteiger partial charge is 0.352 e. The highest BCUT2D eigenvalue weighted by Gasteiger charge is 2.34. The highest BCUT2D eigenvalue weighted by atomic mass is 32.2. The van der Waals surface area contributed by atoms with Gasteiger partial charge in [0.1, 0.15) is 12.6 Å². The van der Waals surface area contributed by atoms with E-state index in [0.29, 0.717) is 16.8 Å². The van der Waals surface area contributed by atoms with E-state index in [1.54, 1.807) is 20.8 Å². The molecule has 0 saturated carbocycles. The second-order valence-corrected chi connectivity index (χ2v) is 10.6. The van der Waals surface area contributed by atoms with Crippen molar-refractivity contribution in [2.75, 3.05) is 23.7 Å². The van der Waals surface area contributed by atoms with Crippen LogP contribution >= 0.6 is 0 Å². The fraction of sp³-hybridized carbons (Fsp3) is 0.440. The summed E-state index contributed by atoms with van der Waals surface area (Å²) < 4.78 is 65.4. The molecule has 2 aromatic carbocycles. The molecule has 1 N–H and O–H groups in total. The van der Waals surface area contributed by atoms with E-state index < -0.39 is 40.3 Å². The van der Waals surface area contributed by atoms with E-state index in [4.69, 9.17) is 0 Å². The number of halogens is 3. The summed E-state index contributed by atoms with van der Waals surface area (Å²) in [5.41, 5.74) is -0.416. The zero-order chi connectivity index (χ0) is 27.1. The Morgan fingerprint density at radius 2 is 1.67 bits per heavy atom. The summed E-state index contributed by atoms with van der Waals surface area (Å²) in [6, 6.07) is 12.0. The highest BCUT2D eigenvalue weighted by Crippen LogP contribution is 2.32. The van der Waals surface area contributed by atoms with Gasteiger partial charge in [-0.25, -0.2) is 8.42 Å². The molecule has 11 heteroatoms. The van der Waals surface area contributed by atoms with Gasteiger partial charge in [-0.1, -0.05) is 43.3 Å². The molecule has 0 aliphatic heterocycles. The first-order valence-corrected chi connectivity index (χ1v) is 13.4. The summed E-state index contributed by atoms with van der Waals surface area (Å²) in [7, 11) is -4.13. The number of nitrogens with zero attached hydrogens (tertiary/aromatic N) is 2. The molecule has 0 heterocycles. The van der Waals surface area contributed by atoms with Gasteiger partial charge in [0.15, 0.2) is 0 Å². The molecule has 2 aromatic rings. The molecule has 1 atom stereocenters. The number of amides is 2. The van der Waals surface area contributed by atoms with Crippen LogP contribution in [-0.4, -0.2) is 56.6 Å². The predicted molar refractivity (Wildman–Crippen MR) is 133 cm³/mol. The van der Waals surface area contributed by atoms with Gasteiger partial charge in [-0.3, -0.25) is 13.9 Å². The first-order chi connectivity index (χ1) is 16.7. The molecule has 0 bridgehead atoms. The van der Waals surface area contributed by atoms with E-state index >= 15 is 0 Å². The normalized spacial score (nSPS) is 12.8. The summed E-state index contributed by atoms with van der Waals surface area (Å²) in [6.07, 6.45) is -3.20. The molecular formula is C25H32F3N3O4S. The minimum atomic E-state index is -4.69. The number of alkyl halides is 3. The minimum absolute atomic E-state index is 0.118. The number of hydrogen-bond donors (Lipinski definition) is 1. The minimum Gasteiger partial charge on any atom is -0.352 e. The number of sulfonamides is 1. The number of hydrogen-bond acceptors (Lipinski definition) is 4. The van der Waals surface area contributed by atoms with Crippen LogP contribution in [-0.2, 0) is 32.2 Å². The predicted octanol–water partition coefficient (Wildman–Crippen LogP) is 3.85. The molecule has 0 radical (unpaired) electrons. The van der Waals surface area contributed by atoms with E-state index in [1.807, 2.05) is 30.3 Å². The van der Waals surface area contributed by atoms with Crippen LogP contribution < -0.4 is 9.62 Å². The van der Waals surface area contributed by atoms with Crippen molar-refractivity contribution in [2.45, 2.75) is 51.9 Å². The van der Waals surface area contributed by atoms with Gasteiger partial charge in [0.05, 0.1) is 17.5 Å². The first-order valence-electron chi connectivity index (χ1n) is 11.5. The van der Waals surface area contributed by atoms with Gasteiger partial charge in [-0.15, -0.1) is 0 Å². The number of benzene rings is 2. The number of nitrogens with one attached hydrogen (secondary N) is 1. The lowest BCUT2D eigenvalue weighted by Crippen LogP contribution is -2.54. The molecular weight excluding hydrogens is 495 g/mol. The highest BCUT2D eigenvalue weighted by molar-refractivity contribution is 7.92. The molecule has 2 amide bonds. The Morgan fingerprint density at radius 1 is 1.03 bits per heavy atom. The molecule has 7 nitrogen and oxygen atoms in total. The quantitative estimate of drug-likeness (QED) is 0.481.